The number of carbonyl (C=O) groups excluding carboxylic acids is 2. The number of benzene rings is 1. The van der Waals surface area contributed by atoms with E-state index in [0.717, 1.165) is 43.6 Å². The lowest BCUT2D eigenvalue weighted by atomic mass is 9.95. The van der Waals surface area contributed by atoms with Crippen LogP contribution in [0.3, 0.4) is 0 Å². The van der Waals surface area contributed by atoms with E-state index in [2.05, 4.69) is 16.0 Å². The van der Waals surface area contributed by atoms with Crippen LogP contribution in [0, 0.1) is 11.3 Å². The van der Waals surface area contributed by atoms with Crippen LogP contribution in [0.25, 0.3) is 0 Å². The van der Waals surface area contributed by atoms with E-state index < -0.39 is 11.8 Å². The molecule has 0 saturated heterocycles. The lowest BCUT2D eigenvalue weighted by molar-refractivity contribution is -0.128. The largest absolute Gasteiger partial charge is 0.370 e. The molecule has 0 aliphatic heterocycles. The third-order valence-corrected chi connectivity index (χ3v) is 4.51. The highest BCUT2D eigenvalue weighted by Gasteiger charge is 2.19. The molecule has 29 heavy (non-hydrogen) atoms. The molecule has 1 atom stereocenters. The van der Waals surface area contributed by atoms with Crippen LogP contribution in [-0.2, 0) is 16.0 Å². The lowest BCUT2D eigenvalue weighted by Crippen LogP contribution is -2.32. The van der Waals surface area contributed by atoms with Gasteiger partial charge in [0.2, 0.25) is 11.8 Å². The predicted octanol–water partition coefficient (Wildman–Crippen LogP) is 0.251. The van der Waals surface area contributed by atoms with E-state index in [4.69, 9.17) is 22.6 Å². The summed E-state index contributed by atoms with van der Waals surface area (Å²) >= 11 is 0. The van der Waals surface area contributed by atoms with Crippen molar-refractivity contribution in [3.63, 3.8) is 0 Å². The average molecular weight is 406 g/mol. The Bertz CT molecular complexity index is 634. The lowest BCUT2D eigenvalue weighted by Gasteiger charge is -2.14. The van der Waals surface area contributed by atoms with Gasteiger partial charge in [-0.1, -0.05) is 12.1 Å². The third-order valence-electron chi connectivity index (χ3n) is 4.51. The van der Waals surface area contributed by atoms with Gasteiger partial charge in [0.05, 0.1) is 0 Å². The van der Waals surface area contributed by atoms with Crippen LogP contribution >= 0.6 is 0 Å². The fourth-order valence-electron chi connectivity index (χ4n) is 2.85. The van der Waals surface area contributed by atoms with Gasteiger partial charge in [-0.15, -0.1) is 0 Å². The summed E-state index contributed by atoms with van der Waals surface area (Å²) in [5.74, 6) is -1.23. The number of aryl methyl sites for hydroxylation is 1. The van der Waals surface area contributed by atoms with E-state index in [0.29, 0.717) is 25.9 Å². The van der Waals surface area contributed by atoms with Crippen molar-refractivity contribution >= 4 is 23.5 Å². The van der Waals surface area contributed by atoms with Gasteiger partial charge in [0.15, 0.2) is 5.96 Å². The summed E-state index contributed by atoms with van der Waals surface area (Å²) in [5, 5.41) is 16.1. The van der Waals surface area contributed by atoms with Crippen molar-refractivity contribution < 1.29 is 9.59 Å². The minimum absolute atomic E-state index is 0.105. The van der Waals surface area contributed by atoms with E-state index in [1.807, 2.05) is 24.3 Å². The van der Waals surface area contributed by atoms with Gasteiger partial charge in [0.25, 0.3) is 0 Å². The fourth-order valence-corrected chi connectivity index (χ4v) is 2.85. The van der Waals surface area contributed by atoms with E-state index in [-0.39, 0.29) is 18.3 Å². The highest BCUT2D eigenvalue weighted by Crippen LogP contribution is 2.16. The van der Waals surface area contributed by atoms with E-state index in [1.165, 1.54) is 0 Å². The molecule has 1 unspecified atom stereocenters. The molecule has 0 aliphatic rings. The molecular weight excluding hydrogens is 370 g/mol. The first-order valence-corrected chi connectivity index (χ1v) is 10.1. The zero-order chi connectivity index (χ0) is 21.5. The maximum absolute atomic E-state index is 12.1. The van der Waals surface area contributed by atoms with Crippen LogP contribution in [0.15, 0.2) is 24.3 Å². The maximum Gasteiger partial charge on any atom is 0.221 e. The summed E-state index contributed by atoms with van der Waals surface area (Å²) in [6.07, 6.45) is 4.06. The monoisotopic (exact) mass is 405 g/mol. The number of primary amides is 1. The molecule has 1 aromatic rings. The standard InChI is InChI=1S/C20H35N7O2/c21-10-3-12-25-11-1-2-13-26-18(28)14-16(19(22)29)7-4-15-5-8-17(9-6-15)27-20(23)24/h5-6,8-9,16,25H,1-4,7,10-14,21H2,(H2,22,29)(H,26,28)(H4,23,24,27). The van der Waals surface area contributed by atoms with Crippen molar-refractivity contribution in [2.24, 2.45) is 23.1 Å². The Hall–Kier alpha value is -2.65. The Balaban J connectivity index is 2.29. The van der Waals surface area contributed by atoms with Crippen molar-refractivity contribution in [1.82, 2.24) is 10.6 Å². The molecule has 162 valence electrons. The van der Waals surface area contributed by atoms with Gasteiger partial charge in [-0.3, -0.25) is 15.0 Å². The van der Waals surface area contributed by atoms with Crippen molar-refractivity contribution in [2.45, 2.75) is 38.5 Å². The van der Waals surface area contributed by atoms with Crippen LogP contribution in [0.2, 0.25) is 0 Å². The SMILES string of the molecule is N=C(N)Nc1ccc(CCC(CC(=O)NCCCCNCCCN)C(N)=O)cc1. The Kier molecular flexibility index (Phi) is 12.1. The third kappa shape index (κ3) is 11.7. The normalized spacial score (nSPS) is 11.6. The van der Waals surface area contributed by atoms with Crippen LogP contribution < -0.4 is 33.2 Å². The summed E-state index contributed by atoms with van der Waals surface area (Å²) in [7, 11) is 0. The smallest absolute Gasteiger partial charge is 0.221 e. The molecular formula is C20H35N7O2. The summed E-state index contributed by atoms with van der Waals surface area (Å²) in [5.41, 5.74) is 17.9. The predicted molar refractivity (Wildman–Crippen MR) is 116 cm³/mol. The molecule has 0 aliphatic carbocycles. The number of carbonyl (C=O) groups is 2. The molecule has 0 saturated carbocycles. The Morgan fingerprint density at radius 2 is 1.66 bits per heavy atom. The molecule has 1 rings (SSSR count). The highest BCUT2D eigenvalue weighted by atomic mass is 16.2. The minimum Gasteiger partial charge on any atom is -0.370 e. The highest BCUT2D eigenvalue weighted by molar-refractivity contribution is 5.89. The number of anilines is 1. The van der Waals surface area contributed by atoms with Crippen LogP contribution in [0.1, 0.15) is 37.7 Å². The van der Waals surface area contributed by atoms with E-state index >= 15 is 0 Å². The first-order chi connectivity index (χ1) is 13.9. The van der Waals surface area contributed by atoms with Crippen molar-refractivity contribution in [2.75, 3.05) is 31.5 Å². The summed E-state index contributed by atoms with van der Waals surface area (Å²) < 4.78 is 0. The van der Waals surface area contributed by atoms with Gasteiger partial charge in [-0.2, -0.15) is 0 Å². The maximum atomic E-state index is 12.1. The molecule has 0 aromatic heterocycles. The van der Waals surface area contributed by atoms with E-state index in [1.54, 1.807) is 0 Å². The summed E-state index contributed by atoms with van der Waals surface area (Å²) in [6.45, 7) is 3.10. The Morgan fingerprint density at radius 3 is 2.28 bits per heavy atom. The Morgan fingerprint density at radius 1 is 1.00 bits per heavy atom. The summed E-state index contributed by atoms with van der Waals surface area (Å²) in [6, 6.07) is 7.41. The number of nitrogens with one attached hydrogen (secondary N) is 4. The zero-order valence-corrected chi connectivity index (χ0v) is 17.0. The number of rotatable bonds is 15. The first kappa shape index (κ1) is 24.4. The van der Waals surface area contributed by atoms with Crippen LogP contribution in [0.4, 0.5) is 5.69 Å². The molecule has 2 amide bonds. The molecule has 10 N–H and O–H groups in total. The molecule has 1 aromatic carbocycles. The molecule has 0 heterocycles. The second kappa shape index (κ2) is 14.4. The van der Waals surface area contributed by atoms with Crippen molar-refractivity contribution in [1.29, 1.82) is 5.41 Å². The first-order valence-electron chi connectivity index (χ1n) is 10.1. The van der Waals surface area contributed by atoms with Crippen LogP contribution in [-0.4, -0.2) is 44.0 Å². The van der Waals surface area contributed by atoms with Gasteiger partial charge in [-0.05, 0) is 69.4 Å². The number of nitrogens with two attached hydrogens (primary N) is 3. The fraction of sp³-hybridized carbons (Fsp3) is 0.550. The van der Waals surface area contributed by atoms with Crippen molar-refractivity contribution in [3.8, 4) is 0 Å². The molecule has 0 bridgehead atoms. The molecule has 9 nitrogen and oxygen atoms in total. The van der Waals surface area contributed by atoms with Crippen molar-refractivity contribution in [3.05, 3.63) is 29.8 Å². The Labute approximate surface area is 172 Å². The molecule has 9 heteroatoms. The number of hydrogen-bond donors (Lipinski definition) is 7. The number of unbranched alkanes of at least 4 members (excludes halogenated alkanes) is 1. The minimum atomic E-state index is -0.497. The van der Waals surface area contributed by atoms with Gasteiger partial charge < -0.3 is 33.2 Å². The van der Waals surface area contributed by atoms with Gasteiger partial charge in [-0.25, -0.2) is 0 Å². The quantitative estimate of drug-likeness (QED) is 0.125. The van der Waals surface area contributed by atoms with E-state index in [9.17, 15) is 9.59 Å². The number of guanidine groups is 1. The topological polar surface area (TPSA) is 172 Å². The molecule has 0 radical (unpaired) electrons. The molecule has 0 spiro atoms. The number of hydrogen-bond acceptors (Lipinski definition) is 5. The van der Waals surface area contributed by atoms with Gasteiger partial charge in [0, 0.05) is 24.6 Å². The van der Waals surface area contributed by atoms with Gasteiger partial charge in [0.1, 0.15) is 0 Å². The zero-order valence-electron chi connectivity index (χ0n) is 17.0. The van der Waals surface area contributed by atoms with Gasteiger partial charge >= 0.3 is 0 Å². The number of amides is 2. The summed E-state index contributed by atoms with van der Waals surface area (Å²) in [4.78, 5) is 23.8. The molecule has 0 fully saturated rings. The second-order valence-corrected chi connectivity index (χ2v) is 7.03. The average Bonchev–Trinajstić information content (AvgIpc) is 2.67. The second-order valence-electron chi connectivity index (χ2n) is 7.03. The van der Waals surface area contributed by atoms with Crippen LogP contribution in [0.5, 0.6) is 0 Å².